The fraction of sp³-hybridized carbons (Fsp3) is 0.417. The minimum Gasteiger partial charge on any atom is -0.497 e. The molecule has 0 saturated carbocycles. The van der Waals surface area contributed by atoms with E-state index in [1.165, 1.54) is 0 Å². The Labute approximate surface area is 194 Å². The van der Waals surface area contributed by atoms with Crippen LogP contribution in [-0.4, -0.2) is 36.4 Å². The SMILES string of the molecule is CCC(C(=O)NCC(C)C)N(Cc1cccc(OC)c1)C(=O)Cc1ccc(Cl)c(Cl)c1. The van der Waals surface area contributed by atoms with Crippen LogP contribution in [0.4, 0.5) is 0 Å². The van der Waals surface area contributed by atoms with Gasteiger partial charge in [0.05, 0.1) is 23.6 Å². The van der Waals surface area contributed by atoms with Crippen LogP contribution in [0.3, 0.4) is 0 Å². The van der Waals surface area contributed by atoms with E-state index >= 15 is 0 Å². The second-order valence-corrected chi connectivity index (χ2v) is 8.68. The number of hydrogen-bond acceptors (Lipinski definition) is 3. The summed E-state index contributed by atoms with van der Waals surface area (Å²) in [6, 6.07) is 12.1. The number of nitrogens with one attached hydrogen (secondary N) is 1. The van der Waals surface area contributed by atoms with E-state index in [4.69, 9.17) is 27.9 Å². The highest BCUT2D eigenvalue weighted by molar-refractivity contribution is 6.42. The molecule has 0 saturated heterocycles. The van der Waals surface area contributed by atoms with Gasteiger partial charge in [-0.3, -0.25) is 9.59 Å². The van der Waals surface area contributed by atoms with Crippen LogP contribution in [0.15, 0.2) is 42.5 Å². The summed E-state index contributed by atoms with van der Waals surface area (Å²) in [7, 11) is 1.60. The number of halogens is 2. The predicted molar refractivity (Wildman–Crippen MR) is 126 cm³/mol. The van der Waals surface area contributed by atoms with Crippen molar-refractivity contribution in [2.24, 2.45) is 5.92 Å². The van der Waals surface area contributed by atoms with E-state index in [0.29, 0.717) is 41.2 Å². The fourth-order valence-electron chi connectivity index (χ4n) is 3.24. The van der Waals surface area contributed by atoms with E-state index in [2.05, 4.69) is 5.32 Å². The van der Waals surface area contributed by atoms with Crippen molar-refractivity contribution in [3.8, 4) is 5.75 Å². The van der Waals surface area contributed by atoms with Crippen LogP contribution in [-0.2, 0) is 22.6 Å². The van der Waals surface area contributed by atoms with Gasteiger partial charge < -0.3 is 15.0 Å². The smallest absolute Gasteiger partial charge is 0.242 e. The molecule has 0 radical (unpaired) electrons. The molecule has 2 aromatic rings. The average molecular weight is 465 g/mol. The van der Waals surface area contributed by atoms with Gasteiger partial charge in [0.15, 0.2) is 0 Å². The molecule has 1 unspecified atom stereocenters. The van der Waals surface area contributed by atoms with Gasteiger partial charge in [0.25, 0.3) is 0 Å². The third kappa shape index (κ3) is 7.44. The third-order valence-electron chi connectivity index (χ3n) is 4.90. The first-order valence-corrected chi connectivity index (χ1v) is 11.1. The summed E-state index contributed by atoms with van der Waals surface area (Å²) in [5.74, 6) is 0.709. The number of carbonyl (C=O) groups excluding carboxylic acids is 2. The van der Waals surface area contributed by atoms with Crippen LogP contribution >= 0.6 is 23.2 Å². The van der Waals surface area contributed by atoms with Crippen LogP contribution in [0.5, 0.6) is 5.75 Å². The highest BCUT2D eigenvalue weighted by Gasteiger charge is 2.28. The van der Waals surface area contributed by atoms with E-state index in [-0.39, 0.29) is 18.2 Å². The molecule has 0 aliphatic rings. The van der Waals surface area contributed by atoms with E-state index in [0.717, 1.165) is 11.1 Å². The molecule has 0 heterocycles. The summed E-state index contributed by atoms with van der Waals surface area (Å²) in [6.45, 7) is 6.83. The van der Waals surface area contributed by atoms with Crippen LogP contribution in [0.25, 0.3) is 0 Å². The second-order valence-electron chi connectivity index (χ2n) is 7.86. The van der Waals surface area contributed by atoms with Gasteiger partial charge >= 0.3 is 0 Å². The van der Waals surface area contributed by atoms with Crippen molar-refractivity contribution in [1.29, 1.82) is 0 Å². The lowest BCUT2D eigenvalue weighted by molar-refractivity contribution is -0.141. The number of benzene rings is 2. The van der Waals surface area contributed by atoms with Gasteiger partial charge in [-0.1, -0.05) is 62.2 Å². The lowest BCUT2D eigenvalue weighted by Crippen LogP contribution is -2.50. The molecule has 0 aliphatic heterocycles. The van der Waals surface area contributed by atoms with Crippen molar-refractivity contribution >= 4 is 35.0 Å². The highest BCUT2D eigenvalue weighted by Crippen LogP contribution is 2.24. The quantitative estimate of drug-likeness (QED) is 0.530. The van der Waals surface area contributed by atoms with E-state index in [9.17, 15) is 9.59 Å². The minimum atomic E-state index is -0.583. The number of ether oxygens (including phenoxy) is 1. The minimum absolute atomic E-state index is 0.120. The van der Waals surface area contributed by atoms with E-state index in [1.807, 2.05) is 45.0 Å². The summed E-state index contributed by atoms with van der Waals surface area (Å²) in [5, 5.41) is 3.79. The van der Waals surface area contributed by atoms with Gasteiger partial charge in [-0.05, 0) is 47.7 Å². The molecule has 7 heteroatoms. The Morgan fingerprint density at radius 1 is 1.06 bits per heavy atom. The van der Waals surface area contributed by atoms with Gasteiger partial charge in [-0.15, -0.1) is 0 Å². The fourth-order valence-corrected chi connectivity index (χ4v) is 3.56. The van der Waals surface area contributed by atoms with Crippen molar-refractivity contribution < 1.29 is 14.3 Å². The molecule has 1 atom stereocenters. The van der Waals surface area contributed by atoms with Crippen LogP contribution in [0, 0.1) is 5.92 Å². The molecule has 0 aromatic heterocycles. The number of carbonyl (C=O) groups is 2. The van der Waals surface area contributed by atoms with Crippen molar-refractivity contribution in [2.75, 3.05) is 13.7 Å². The Bertz CT molecular complexity index is 902. The van der Waals surface area contributed by atoms with Gasteiger partial charge in [0.1, 0.15) is 11.8 Å². The zero-order chi connectivity index (χ0) is 23.0. The number of amides is 2. The molecule has 0 spiro atoms. The average Bonchev–Trinajstić information content (AvgIpc) is 2.74. The Kier molecular flexibility index (Phi) is 9.66. The van der Waals surface area contributed by atoms with Gasteiger partial charge in [-0.2, -0.15) is 0 Å². The number of methoxy groups -OCH3 is 1. The zero-order valence-corrected chi connectivity index (χ0v) is 20.0. The van der Waals surface area contributed by atoms with Crippen LogP contribution < -0.4 is 10.1 Å². The first-order chi connectivity index (χ1) is 14.7. The predicted octanol–water partition coefficient (Wildman–Crippen LogP) is 5.12. The number of nitrogens with zero attached hydrogens (tertiary/aromatic N) is 1. The topological polar surface area (TPSA) is 58.6 Å². The maximum absolute atomic E-state index is 13.3. The molecule has 2 aromatic carbocycles. The van der Waals surface area contributed by atoms with Crippen molar-refractivity contribution in [1.82, 2.24) is 10.2 Å². The summed E-state index contributed by atoms with van der Waals surface area (Å²) < 4.78 is 5.31. The van der Waals surface area contributed by atoms with Crippen LogP contribution in [0.1, 0.15) is 38.3 Å². The van der Waals surface area contributed by atoms with Crippen molar-refractivity contribution in [2.45, 2.75) is 46.2 Å². The van der Waals surface area contributed by atoms with Crippen molar-refractivity contribution in [3.05, 3.63) is 63.6 Å². The molecule has 2 rings (SSSR count). The zero-order valence-electron chi connectivity index (χ0n) is 18.5. The normalized spacial score (nSPS) is 11.8. The third-order valence-corrected chi connectivity index (χ3v) is 5.64. The van der Waals surface area contributed by atoms with Gasteiger partial charge in [0.2, 0.25) is 11.8 Å². The van der Waals surface area contributed by atoms with Crippen LogP contribution in [0.2, 0.25) is 10.0 Å². The highest BCUT2D eigenvalue weighted by atomic mass is 35.5. The lowest BCUT2D eigenvalue weighted by atomic mass is 10.1. The molecule has 168 valence electrons. The van der Waals surface area contributed by atoms with Gasteiger partial charge in [-0.25, -0.2) is 0 Å². The summed E-state index contributed by atoms with van der Waals surface area (Å²) in [6.07, 6.45) is 0.621. The lowest BCUT2D eigenvalue weighted by Gasteiger charge is -2.31. The largest absolute Gasteiger partial charge is 0.497 e. The van der Waals surface area contributed by atoms with E-state index < -0.39 is 6.04 Å². The summed E-state index contributed by atoms with van der Waals surface area (Å²) in [5.41, 5.74) is 1.63. The molecule has 1 N–H and O–H groups in total. The molecule has 0 bridgehead atoms. The molecular formula is C24H30Cl2N2O3. The Morgan fingerprint density at radius 3 is 2.42 bits per heavy atom. The van der Waals surface area contributed by atoms with Gasteiger partial charge in [0, 0.05) is 13.1 Å². The summed E-state index contributed by atoms with van der Waals surface area (Å²) >= 11 is 12.1. The molecule has 31 heavy (non-hydrogen) atoms. The Balaban J connectivity index is 2.30. The molecule has 0 fully saturated rings. The molecule has 0 aliphatic carbocycles. The Hall–Kier alpha value is -2.24. The molecule has 5 nitrogen and oxygen atoms in total. The first kappa shape index (κ1) is 25.0. The number of rotatable bonds is 10. The number of hydrogen-bond donors (Lipinski definition) is 1. The molecular weight excluding hydrogens is 435 g/mol. The second kappa shape index (κ2) is 12.0. The standard InChI is InChI=1S/C24H30Cl2N2O3/c1-5-22(24(30)27-14-16(2)3)28(15-18-7-6-8-19(11-18)31-4)23(29)13-17-9-10-20(25)21(26)12-17/h6-12,16,22H,5,13-15H2,1-4H3,(H,27,30). The van der Waals surface area contributed by atoms with E-state index in [1.54, 1.807) is 30.2 Å². The maximum Gasteiger partial charge on any atom is 0.242 e. The maximum atomic E-state index is 13.3. The first-order valence-electron chi connectivity index (χ1n) is 10.4. The van der Waals surface area contributed by atoms with Crippen molar-refractivity contribution in [3.63, 3.8) is 0 Å². The monoisotopic (exact) mass is 464 g/mol. The Morgan fingerprint density at radius 2 is 1.81 bits per heavy atom. The summed E-state index contributed by atoms with van der Waals surface area (Å²) in [4.78, 5) is 27.9. The molecule has 2 amide bonds.